The van der Waals surface area contributed by atoms with Crippen LogP contribution in [0.1, 0.15) is 88.6 Å². The van der Waals surface area contributed by atoms with Gasteiger partial charge in [0.15, 0.2) is 5.69 Å². The second-order valence-electron chi connectivity index (χ2n) is 12.6. The summed E-state index contributed by atoms with van der Waals surface area (Å²) in [7, 11) is 0. The SMILES string of the molecule is CCCCc1c(-c2ccc(C(=O)OC(C)(C)C)cc2C(=O)N2Cc3ccccc3C[C@H]2CN=[N+]=[N-])c(C(=O)O)nn1-c1ccccc1. The van der Waals surface area contributed by atoms with Crippen molar-refractivity contribution in [1.29, 1.82) is 0 Å². The summed E-state index contributed by atoms with van der Waals surface area (Å²) in [4.78, 5) is 45.5. The average molecular weight is 635 g/mol. The van der Waals surface area contributed by atoms with Crippen LogP contribution in [0.15, 0.2) is 77.9 Å². The molecule has 4 aromatic rings. The zero-order valence-electron chi connectivity index (χ0n) is 27.0. The minimum absolute atomic E-state index is 0.0474. The normalized spacial score (nSPS) is 14.2. The number of ether oxygens (including phenoxy) is 1. The molecule has 242 valence electrons. The molecule has 2 heterocycles. The highest BCUT2D eigenvalue weighted by Crippen LogP contribution is 2.36. The molecular weight excluding hydrogens is 596 g/mol. The van der Waals surface area contributed by atoms with Gasteiger partial charge in [-0.3, -0.25) is 4.79 Å². The molecule has 1 aromatic heterocycles. The smallest absolute Gasteiger partial charge is 0.357 e. The number of azide groups is 1. The van der Waals surface area contributed by atoms with E-state index in [0.29, 0.717) is 35.3 Å². The fourth-order valence-corrected chi connectivity index (χ4v) is 5.92. The van der Waals surface area contributed by atoms with Crippen LogP contribution >= 0.6 is 0 Å². The number of unbranched alkanes of at least 4 members (excludes halogenated alkanes) is 1. The molecule has 0 fully saturated rings. The standard InChI is InChI=1S/C36H38N6O5/c1-5-6-16-30-31(32(34(44)45)39-42(30)26-14-8-7-9-15-26)28-18-17-24(35(46)47-36(2,3)4)20-29(28)33(43)41-22-25-13-11-10-12-23(25)19-27(41)21-38-40-37/h7-15,17-18,20,27H,5-6,16,19,21-22H2,1-4H3,(H,44,45)/t27-/m0/s1. The number of para-hydroxylation sites is 1. The van der Waals surface area contributed by atoms with Gasteiger partial charge in [0.05, 0.1) is 16.9 Å². The van der Waals surface area contributed by atoms with Crippen molar-refractivity contribution in [3.63, 3.8) is 0 Å². The number of hydrogen-bond donors (Lipinski definition) is 1. The van der Waals surface area contributed by atoms with Gasteiger partial charge >= 0.3 is 11.9 Å². The number of aromatic nitrogens is 2. The second kappa shape index (κ2) is 13.9. The second-order valence-corrected chi connectivity index (χ2v) is 12.6. The van der Waals surface area contributed by atoms with Crippen molar-refractivity contribution >= 4 is 17.8 Å². The molecule has 0 radical (unpaired) electrons. The van der Waals surface area contributed by atoms with Crippen molar-refractivity contribution in [2.75, 3.05) is 6.54 Å². The predicted octanol–water partition coefficient (Wildman–Crippen LogP) is 7.41. The first-order chi connectivity index (χ1) is 22.5. The maximum absolute atomic E-state index is 14.8. The van der Waals surface area contributed by atoms with Gasteiger partial charge in [0.2, 0.25) is 0 Å². The lowest BCUT2D eigenvalue weighted by molar-refractivity contribution is 0.00692. The average Bonchev–Trinajstić information content (AvgIpc) is 3.44. The van der Waals surface area contributed by atoms with Crippen LogP contribution in [0.5, 0.6) is 0 Å². The van der Waals surface area contributed by atoms with E-state index in [1.54, 1.807) is 42.5 Å². The van der Waals surface area contributed by atoms with Gasteiger partial charge in [-0.05, 0) is 86.5 Å². The topological polar surface area (TPSA) is 150 Å². The van der Waals surface area contributed by atoms with Gasteiger partial charge in [-0.2, -0.15) is 5.10 Å². The molecule has 11 nitrogen and oxygen atoms in total. The number of carbonyl (C=O) groups excluding carboxylic acids is 2. The Labute approximate surface area is 273 Å². The van der Waals surface area contributed by atoms with Crippen molar-refractivity contribution in [2.24, 2.45) is 5.11 Å². The summed E-state index contributed by atoms with van der Waals surface area (Å²) in [6, 6.07) is 21.2. The molecule has 5 rings (SSSR count). The van der Waals surface area contributed by atoms with Crippen molar-refractivity contribution in [3.8, 4) is 16.8 Å². The maximum Gasteiger partial charge on any atom is 0.357 e. The van der Waals surface area contributed by atoms with Gasteiger partial charge < -0.3 is 14.7 Å². The lowest BCUT2D eigenvalue weighted by Gasteiger charge is -2.37. The molecule has 1 aliphatic rings. The van der Waals surface area contributed by atoms with E-state index in [9.17, 15) is 19.5 Å². The molecule has 0 unspecified atom stereocenters. The molecule has 1 amide bonds. The van der Waals surface area contributed by atoms with E-state index in [-0.39, 0.29) is 29.9 Å². The number of nitrogens with zero attached hydrogens (tertiary/aromatic N) is 6. The Morgan fingerprint density at radius 3 is 2.40 bits per heavy atom. The molecule has 0 spiro atoms. The third-order valence-electron chi connectivity index (χ3n) is 8.08. The van der Waals surface area contributed by atoms with Crippen LogP contribution in [-0.4, -0.2) is 55.8 Å². The number of fused-ring (bicyclic) bond motifs is 1. The van der Waals surface area contributed by atoms with Crippen LogP contribution in [-0.2, 0) is 24.1 Å². The molecule has 11 heteroatoms. The van der Waals surface area contributed by atoms with Crippen LogP contribution in [0.3, 0.4) is 0 Å². The van der Waals surface area contributed by atoms with Crippen molar-refractivity contribution in [3.05, 3.63) is 117 Å². The molecule has 3 aromatic carbocycles. The van der Waals surface area contributed by atoms with E-state index in [1.807, 2.05) is 61.5 Å². The van der Waals surface area contributed by atoms with Gasteiger partial charge in [-0.25, -0.2) is 14.3 Å². The highest BCUT2D eigenvalue weighted by molar-refractivity contribution is 6.06. The Morgan fingerprint density at radius 1 is 1.04 bits per heavy atom. The number of esters is 1. The summed E-state index contributed by atoms with van der Waals surface area (Å²) in [6.45, 7) is 7.61. The number of amides is 1. The van der Waals surface area contributed by atoms with E-state index in [4.69, 9.17) is 10.3 Å². The van der Waals surface area contributed by atoms with Crippen molar-refractivity contribution < 1.29 is 24.2 Å². The maximum atomic E-state index is 14.8. The number of carboxylic acids is 1. The summed E-state index contributed by atoms with van der Waals surface area (Å²) < 4.78 is 7.27. The molecule has 0 bridgehead atoms. The quantitative estimate of drug-likeness (QED) is 0.0830. The van der Waals surface area contributed by atoms with Gasteiger partial charge in [-0.1, -0.05) is 67.0 Å². The fourth-order valence-electron chi connectivity index (χ4n) is 5.92. The van der Waals surface area contributed by atoms with E-state index < -0.39 is 29.5 Å². The van der Waals surface area contributed by atoms with Crippen molar-refractivity contribution in [2.45, 2.75) is 71.6 Å². The molecule has 1 aliphatic heterocycles. The molecular formula is C36H38N6O5. The van der Waals surface area contributed by atoms with Gasteiger partial charge in [0, 0.05) is 35.2 Å². The monoisotopic (exact) mass is 634 g/mol. The Bertz CT molecular complexity index is 1850. The van der Waals surface area contributed by atoms with Gasteiger partial charge in [-0.15, -0.1) is 0 Å². The minimum atomic E-state index is -1.24. The highest BCUT2D eigenvalue weighted by atomic mass is 16.6. The molecule has 1 N–H and O–H groups in total. The zero-order valence-corrected chi connectivity index (χ0v) is 27.0. The van der Waals surface area contributed by atoms with E-state index in [1.165, 1.54) is 6.07 Å². The summed E-state index contributed by atoms with van der Waals surface area (Å²) >= 11 is 0. The Morgan fingerprint density at radius 2 is 1.74 bits per heavy atom. The Balaban J connectivity index is 1.75. The number of benzene rings is 3. The predicted molar refractivity (Wildman–Crippen MR) is 178 cm³/mol. The van der Waals surface area contributed by atoms with E-state index in [0.717, 1.165) is 24.0 Å². The zero-order chi connectivity index (χ0) is 33.7. The number of hydrogen-bond acceptors (Lipinski definition) is 6. The van der Waals surface area contributed by atoms with E-state index >= 15 is 0 Å². The minimum Gasteiger partial charge on any atom is -0.476 e. The number of rotatable bonds is 10. The summed E-state index contributed by atoms with van der Waals surface area (Å²) in [5.41, 5.74) is 12.4. The van der Waals surface area contributed by atoms with Gasteiger partial charge in [0.25, 0.3) is 5.91 Å². The largest absolute Gasteiger partial charge is 0.476 e. The summed E-state index contributed by atoms with van der Waals surface area (Å²) in [5.74, 6) is -2.28. The number of carbonyl (C=O) groups is 3. The van der Waals surface area contributed by atoms with Crippen LogP contribution in [0.4, 0.5) is 0 Å². The highest BCUT2D eigenvalue weighted by Gasteiger charge is 2.34. The first-order valence-corrected chi connectivity index (χ1v) is 15.7. The first kappa shape index (κ1) is 33.0. The number of aromatic carboxylic acids is 1. The molecule has 0 aliphatic carbocycles. The number of carboxylic acid groups (broad SMARTS) is 1. The van der Waals surface area contributed by atoms with Gasteiger partial charge in [0.1, 0.15) is 5.60 Å². The van der Waals surface area contributed by atoms with Crippen LogP contribution in [0.25, 0.3) is 27.3 Å². The molecule has 1 atom stereocenters. The van der Waals surface area contributed by atoms with Crippen LogP contribution < -0.4 is 0 Å². The molecule has 0 saturated heterocycles. The summed E-state index contributed by atoms with van der Waals surface area (Å²) in [5, 5.41) is 18.8. The van der Waals surface area contributed by atoms with Crippen molar-refractivity contribution in [1.82, 2.24) is 14.7 Å². The third-order valence-corrected chi connectivity index (χ3v) is 8.08. The fraction of sp³-hybridized carbons (Fsp3) is 0.333. The Kier molecular flexibility index (Phi) is 9.77. The molecule has 47 heavy (non-hydrogen) atoms. The molecule has 0 saturated carbocycles. The van der Waals surface area contributed by atoms with E-state index in [2.05, 4.69) is 15.1 Å². The lowest BCUT2D eigenvalue weighted by Crippen LogP contribution is -2.46. The first-order valence-electron chi connectivity index (χ1n) is 15.7. The van der Waals surface area contributed by atoms with Crippen LogP contribution in [0.2, 0.25) is 0 Å². The Hall–Kier alpha value is -5.41. The van der Waals surface area contributed by atoms with Crippen LogP contribution in [0, 0.1) is 0 Å². The lowest BCUT2D eigenvalue weighted by atomic mass is 9.90. The third kappa shape index (κ3) is 7.21. The summed E-state index contributed by atoms with van der Waals surface area (Å²) in [6.07, 6.45) is 2.57.